The van der Waals surface area contributed by atoms with Gasteiger partial charge in [0.05, 0.1) is 17.6 Å². The number of halogens is 1. The number of aliphatic carboxylic acids is 1. The molecule has 0 aliphatic carbocycles. The number of carboxylic acids is 1. The maximum absolute atomic E-state index is 12.4. The van der Waals surface area contributed by atoms with Crippen LogP contribution in [0.5, 0.6) is 0 Å². The van der Waals surface area contributed by atoms with Crippen molar-refractivity contribution in [1.82, 2.24) is 4.72 Å². The SMILES string of the molecule is COC(=O)c1cc(Cl)cc(S(=O)(=O)N[C@@H](CC(C)C)C(=O)O)c1. The second kappa shape index (κ2) is 7.76. The molecule has 0 heterocycles. The third-order valence-corrected chi connectivity index (χ3v) is 4.57. The van der Waals surface area contributed by atoms with Crippen LogP contribution in [-0.2, 0) is 19.6 Å². The van der Waals surface area contributed by atoms with E-state index in [2.05, 4.69) is 9.46 Å². The lowest BCUT2D eigenvalue weighted by atomic mass is 10.1. The number of benzene rings is 1. The molecule has 9 heteroatoms. The molecule has 0 radical (unpaired) electrons. The topological polar surface area (TPSA) is 110 Å². The molecule has 1 atom stereocenters. The fraction of sp³-hybridized carbons (Fsp3) is 0.429. The van der Waals surface area contributed by atoms with Crippen LogP contribution in [0.15, 0.2) is 23.1 Å². The highest BCUT2D eigenvalue weighted by Crippen LogP contribution is 2.20. The number of carbonyl (C=O) groups is 2. The van der Waals surface area contributed by atoms with E-state index in [0.717, 1.165) is 19.2 Å². The maximum Gasteiger partial charge on any atom is 0.337 e. The number of hydrogen-bond donors (Lipinski definition) is 2. The molecule has 0 aliphatic heterocycles. The average Bonchev–Trinajstić information content (AvgIpc) is 2.44. The van der Waals surface area contributed by atoms with Crippen molar-refractivity contribution in [3.63, 3.8) is 0 Å². The van der Waals surface area contributed by atoms with Crippen molar-refractivity contribution >= 4 is 33.6 Å². The number of nitrogens with one attached hydrogen (secondary N) is 1. The van der Waals surface area contributed by atoms with Gasteiger partial charge in [0.25, 0.3) is 0 Å². The first kappa shape index (κ1) is 19.4. The number of carbonyl (C=O) groups excluding carboxylic acids is 1. The van der Waals surface area contributed by atoms with Gasteiger partial charge in [-0.25, -0.2) is 13.2 Å². The molecule has 0 saturated heterocycles. The van der Waals surface area contributed by atoms with Crippen LogP contribution in [-0.4, -0.2) is 38.6 Å². The van der Waals surface area contributed by atoms with Gasteiger partial charge in [0.15, 0.2) is 0 Å². The lowest BCUT2D eigenvalue weighted by Gasteiger charge is -2.17. The van der Waals surface area contributed by atoms with Crippen molar-refractivity contribution in [2.24, 2.45) is 5.92 Å². The molecular formula is C14H18ClNO6S. The van der Waals surface area contributed by atoms with E-state index in [9.17, 15) is 18.0 Å². The zero-order valence-corrected chi connectivity index (χ0v) is 14.4. The van der Waals surface area contributed by atoms with E-state index >= 15 is 0 Å². The number of hydrogen-bond acceptors (Lipinski definition) is 5. The van der Waals surface area contributed by atoms with E-state index in [4.69, 9.17) is 16.7 Å². The van der Waals surface area contributed by atoms with Gasteiger partial charge >= 0.3 is 11.9 Å². The summed E-state index contributed by atoms with van der Waals surface area (Å²) in [6, 6.07) is 2.19. The van der Waals surface area contributed by atoms with E-state index in [0.29, 0.717) is 0 Å². The molecule has 0 fully saturated rings. The standard InChI is InChI=1S/C14H18ClNO6S/c1-8(2)4-12(13(17)18)16-23(20,21)11-6-9(14(19)22-3)5-10(15)7-11/h5-8,12,16H,4H2,1-3H3,(H,17,18)/t12-/m0/s1. The van der Waals surface area contributed by atoms with Gasteiger partial charge < -0.3 is 9.84 Å². The van der Waals surface area contributed by atoms with Crippen LogP contribution in [0.3, 0.4) is 0 Å². The molecule has 7 nitrogen and oxygen atoms in total. The highest BCUT2D eigenvalue weighted by molar-refractivity contribution is 7.89. The fourth-order valence-corrected chi connectivity index (χ4v) is 3.45. The highest BCUT2D eigenvalue weighted by atomic mass is 35.5. The number of carboxylic acid groups (broad SMARTS) is 1. The first-order valence-corrected chi connectivity index (χ1v) is 8.57. The molecule has 0 saturated carbocycles. The van der Waals surface area contributed by atoms with Crippen LogP contribution >= 0.6 is 11.6 Å². The largest absolute Gasteiger partial charge is 0.480 e. The molecule has 0 spiro atoms. The van der Waals surface area contributed by atoms with Crippen molar-refractivity contribution in [1.29, 1.82) is 0 Å². The first-order chi connectivity index (χ1) is 10.6. The van der Waals surface area contributed by atoms with Crippen molar-refractivity contribution < 1.29 is 27.9 Å². The lowest BCUT2D eigenvalue weighted by Crippen LogP contribution is -2.41. The van der Waals surface area contributed by atoms with E-state index in [1.807, 2.05) is 0 Å². The van der Waals surface area contributed by atoms with Gasteiger partial charge in [0.1, 0.15) is 6.04 Å². The third-order valence-electron chi connectivity index (χ3n) is 2.91. The average molecular weight is 364 g/mol. The summed E-state index contributed by atoms with van der Waals surface area (Å²) in [7, 11) is -3.01. The highest BCUT2D eigenvalue weighted by Gasteiger charge is 2.27. The summed E-state index contributed by atoms with van der Waals surface area (Å²) in [5.41, 5.74) is -0.0453. The quantitative estimate of drug-likeness (QED) is 0.716. The Balaban J connectivity index is 3.19. The van der Waals surface area contributed by atoms with Gasteiger partial charge in [0, 0.05) is 5.02 Å². The Labute approximate surface area is 139 Å². The second-order valence-corrected chi connectivity index (χ2v) is 7.46. The van der Waals surface area contributed by atoms with Crippen LogP contribution in [0.25, 0.3) is 0 Å². The Morgan fingerprint density at radius 1 is 1.30 bits per heavy atom. The van der Waals surface area contributed by atoms with Crippen molar-refractivity contribution in [3.05, 3.63) is 28.8 Å². The van der Waals surface area contributed by atoms with E-state index in [-0.39, 0.29) is 27.8 Å². The van der Waals surface area contributed by atoms with Crippen LogP contribution in [0.1, 0.15) is 30.6 Å². The predicted octanol–water partition coefficient (Wildman–Crippen LogP) is 1.90. The Hall–Kier alpha value is -1.64. The zero-order chi connectivity index (χ0) is 17.8. The molecular weight excluding hydrogens is 346 g/mol. The molecule has 0 unspecified atom stereocenters. The first-order valence-electron chi connectivity index (χ1n) is 6.71. The lowest BCUT2D eigenvalue weighted by molar-refractivity contribution is -0.139. The summed E-state index contributed by atoms with van der Waals surface area (Å²) in [5, 5.41) is 9.16. The van der Waals surface area contributed by atoms with Crippen molar-refractivity contribution in [2.45, 2.75) is 31.2 Å². The van der Waals surface area contributed by atoms with E-state index < -0.39 is 28.0 Å². The van der Waals surface area contributed by atoms with Crippen molar-refractivity contribution in [3.8, 4) is 0 Å². The predicted molar refractivity (Wildman–Crippen MR) is 84.0 cm³/mol. The number of sulfonamides is 1. The number of esters is 1. The summed E-state index contributed by atoms with van der Waals surface area (Å²) in [6.45, 7) is 3.55. The molecule has 1 aromatic rings. The third kappa shape index (κ3) is 5.49. The molecule has 1 aromatic carbocycles. The molecule has 2 N–H and O–H groups in total. The van der Waals surface area contributed by atoms with Crippen molar-refractivity contribution in [2.75, 3.05) is 7.11 Å². The molecule has 1 rings (SSSR count). The summed E-state index contributed by atoms with van der Waals surface area (Å²) in [6.07, 6.45) is 0.124. The summed E-state index contributed by atoms with van der Waals surface area (Å²) >= 11 is 5.82. The van der Waals surface area contributed by atoms with Crippen LogP contribution in [0.4, 0.5) is 0 Å². The number of rotatable bonds is 7. The summed E-state index contributed by atoms with van der Waals surface area (Å²) in [5.74, 6) is -2.05. The van der Waals surface area contributed by atoms with Gasteiger partial charge in [-0.1, -0.05) is 25.4 Å². The van der Waals surface area contributed by atoms with Crippen LogP contribution in [0.2, 0.25) is 5.02 Å². The van der Waals surface area contributed by atoms with Gasteiger partial charge in [-0.2, -0.15) is 4.72 Å². The number of ether oxygens (including phenoxy) is 1. The molecule has 0 aliphatic rings. The van der Waals surface area contributed by atoms with Gasteiger partial charge in [-0.05, 0) is 30.5 Å². The fourth-order valence-electron chi connectivity index (χ4n) is 1.88. The maximum atomic E-state index is 12.4. The van der Waals surface area contributed by atoms with Gasteiger partial charge in [-0.3, -0.25) is 4.79 Å². The minimum absolute atomic E-state index is 0.0176. The monoisotopic (exact) mass is 363 g/mol. The van der Waals surface area contributed by atoms with E-state index in [1.165, 1.54) is 6.07 Å². The number of methoxy groups -OCH3 is 1. The Morgan fingerprint density at radius 2 is 1.91 bits per heavy atom. The van der Waals surface area contributed by atoms with Crippen LogP contribution in [0, 0.1) is 5.92 Å². The summed E-state index contributed by atoms with van der Waals surface area (Å²) in [4.78, 5) is 22.4. The smallest absolute Gasteiger partial charge is 0.337 e. The Kier molecular flexibility index (Phi) is 6.55. The molecule has 128 valence electrons. The Bertz CT molecular complexity index is 701. The van der Waals surface area contributed by atoms with E-state index in [1.54, 1.807) is 13.8 Å². The van der Waals surface area contributed by atoms with Crippen LogP contribution < -0.4 is 4.72 Å². The normalized spacial score (nSPS) is 12.9. The van der Waals surface area contributed by atoms with Gasteiger partial charge in [0.2, 0.25) is 10.0 Å². The zero-order valence-electron chi connectivity index (χ0n) is 12.9. The molecule has 0 aromatic heterocycles. The minimum atomic E-state index is -4.16. The second-order valence-electron chi connectivity index (χ2n) is 5.31. The summed E-state index contributed by atoms with van der Waals surface area (Å²) < 4.78 is 31.4. The Morgan fingerprint density at radius 3 is 2.39 bits per heavy atom. The molecule has 23 heavy (non-hydrogen) atoms. The van der Waals surface area contributed by atoms with Gasteiger partial charge in [-0.15, -0.1) is 0 Å². The minimum Gasteiger partial charge on any atom is -0.480 e. The molecule has 0 bridgehead atoms. The molecule has 0 amide bonds.